The maximum Gasteiger partial charge on any atom is 0.308 e. The monoisotopic (exact) mass is 360 g/mol. The van der Waals surface area contributed by atoms with Gasteiger partial charge in [-0.15, -0.1) is 0 Å². The van der Waals surface area contributed by atoms with Crippen molar-refractivity contribution in [2.24, 2.45) is 11.8 Å². The lowest BCUT2D eigenvalue weighted by Gasteiger charge is -2.27. The van der Waals surface area contributed by atoms with E-state index >= 15 is 0 Å². The molecule has 1 aromatic carbocycles. The molecule has 2 aromatic rings. The highest BCUT2D eigenvalue weighted by molar-refractivity contribution is 5.98. The zero-order chi connectivity index (χ0) is 18.7. The van der Waals surface area contributed by atoms with Crippen LogP contribution in [0.1, 0.15) is 28.9 Å². The van der Waals surface area contributed by atoms with Gasteiger partial charge >= 0.3 is 5.97 Å². The first-order chi connectivity index (χ1) is 12.5. The van der Waals surface area contributed by atoms with Crippen molar-refractivity contribution in [3.63, 3.8) is 0 Å². The number of hydrogen-bond acceptors (Lipinski definition) is 4. The third-order valence-corrected chi connectivity index (χ3v) is 4.85. The summed E-state index contributed by atoms with van der Waals surface area (Å²) in [4.78, 5) is 28.4. The van der Waals surface area contributed by atoms with E-state index in [1.807, 2.05) is 0 Å². The van der Waals surface area contributed by atoms with Crippen molar-refractivity contribution in [2.45, 2.75) is 19.8 Å². The van der Waals surface area contributed by atoms with E-state index in [4.69, 9.17) is 4.74 Å². The second kappa shape index (κ2) is 7.78. The molecule has 1 saturated heterocycles. The van der Waals surface area contributed by atoms with Gasteiger partial charge in [0, 0.05) is 31.2 Å². The molecule has 1 aromatic heterocycles. The molecular formula is C19H21FN2O4. The Morgan fingerprint density at radius 3 is 2.77 bits per heavy atom. The van der Waals surface area contributed by atoms with Gasteiger partial charge in [-0.05, 0) is 43.9 Å². The number of amides is 1. The summed E-state index contributed by atoms with van der Waals surface area (Å²) in [6.45, 7) is 2.82. The highest BCUT2D eigenvalue weighted by atomic mass is 19.1. The van der Waals surface area contributed by atoms with Gasteiger partial charge in [0.05, 0.1) is 22.7 Å². The number of carbonyl (C=O) groups excluding carboxylic acids is 1. The van der Waals surface area contributed by atoms with Crippen molar-refractivity contribution < 1.29 is 23.8 Å². The van der Waals surface area contributed by atoms with Crippen LogP contribution in [0.3, 0.4) is 0 Å². The molecule has 1 amide bonds. The van der Waals surface area contributed by atoms with Gasteiger partial charge in [0.25, 0.3) is 5.91 Å². The Labute approximate surface area is 150 Å². The zero-order valence-electron chi connectivity index (χ0n) is 14.5. The molecule has 1 atom stereocenters. The van der Waals surface area contributed by atoms with Crippen molar-refractivity contribution in [1.29, 1.82) is 0 Å². The molecule has 2 heterocycles. The SMILES string of the molecule is Cc1nc2cc(F)ccc2cc1C(=O)NCC(C(=O)O)C1CCOCC1. The molecule has 1 aliphatic rings. The number of halogens is 1. The Kier molecular flexibility index (Phi) is 5.46. The summed E-state index contributed by atoms with van der Waals surface area (Å²) >= 11 is 0. The summed E-state index contributed by atoms with van der Waals surface area (Å²) in [6, 6.07) is 5.84. The first-order valence-electron chi connectivity index (χ1n) is 8.61. The minimum atomic E-state index is -0.916. The zero-order valence-corrected chi connectivity index (χ0v) is 14.5. The Bertz CT molecular complexity index is 834. The predicted octanol–water partition coefficient (Wildman–Crippen LogP) is 2.54. The van der Waals surface area contributed by atoms with Crippen LogP contribution in [0.15, 0.2) is 24.3 Å². The number of fused-ring (bicyclic) bond motifs is 1. The van der Waals surface area contributed by atoms with Gasteiger partial charge in [0.1, 0.15) is 5.82 Å². The van der Waals surface area contributed by atoms with Crippen LogP contribution in [0.5, 0.6) is 0 Å². The number of nitrogens with zero attached hydrogens (tertiary/aromatic N) is 1. The van der Waals surface area contributed by atoms with Crippen molar-refractivity contribution in [3.8, 4) is 0 Å². The fraction of sp³-hybridized carbons (Fsp3) is 0.421. The molecule has 0 spiro atoms. The van der Waals surface area contributed by atoms with Crippen LogP contribution in [-0.4, -0.2) is 41.7 Å². The molecular weight excluding hydrogens is 339 g/mol. The van der Waals surface area contributed by atoms with E-state index in [0.29, 0.717) is 48.2 Å². The van der Waals surface area contributed by atoms with E-state index in [2.05, 4.69) is 10.3 Å². The maximum absolute atomic E-state index is 13.3. The number of aromatic nitrogens is 1. The molecule has 1 unspecified atom stereocenters. The summed E-state index contributed by atoms with van der Waals surface area (Å²) in [5, 5.41) is 12.9. The number of hydrogen-bond donors (Lipinski definition) is 2. The smallest absolute Gasteiger partial charge is 0.308 e. The third-order valence-electron chi connectivity index (χ3n) is 4.85. The van der Waals surface area contributed by atoms with Crippen molar-refractivity contribution >= 4 is 22.8 Å². The summed E-state index contributed by atoms with van der Waals surface area (Å²) in [6.07, 6.45) is 1.35. The number of aryl methyl sites for hydroxylation is 1. The van der Waals surface area contributed by atoms with Gasteiger partial charge in [-0.2, -0.15) is 0 Å². The normalized spacial score (nSPS) is 16.4. The fourth-order valence-electron chi connectivity index (χ4n) is 3.34. The Balaban J connectivity index is 1.74. The first kappa shape index (κ1) is 18.3. The highest BCUT2D eigenvalue weighted by Crippen LogP contribution is 2.24. The minimum absolute atomic E-state index is 0.0136. The third kappa shape index (κ3) is 3.99. The molecule has 2 N–H and O–H groups in total. The molecule has 138 valence electrons. The number of pyridine rings is 1. The lowest BCUT2D eigenvalue weighted by Crippen LogP contribution is -2.39. The van der Waals surface area contributed by atoms with Crippen LogP contribution in [0.25, 0.3) is 10.9 Å². The topological polar surface area (TPSA) is 88.5 Å². The number of ether oxygens (including phenoxy) is 1. The molecule has 1 aliphatic heterocycles. The average molecular weight is 360 g/mol. The molecule has 0 bridgehead atoms. The molecule has 0 radical (unpaired) electrons. The van der Waals surface area contributed by atoms with Crippen LogP contribution >= 0.6 is 0 Å². The summed E-state index contributed by atoms with van der Waals surface area (Å²) in [5.74, 6) is -2.34. The van der Waals surface area contributed by atoms with E-state index in [0.717, 1.165) is 0 Å². The van der Waals surface area contributed by atoms with Crippen molar-refractivity contribution in [2.75, 3.05) is 19.8 Å². The van der Waals surface area contributed by atoms with E-state index in [9.17, 15) is 19.1 Å². The van der Waals surface area contributed by atoms with Gasteiger partial charge in [-0.25, -0.2) is 4.39 Å². The lowest BCUT2D eigenvalue weighted by atomic mass is 9.86. The predicted molar refractivity (Wildman–Crippen MR) is 93.4 cm³/mol. The fourth-order valence-corrected chi connectivity index (χ4v) is 3.34. The van der Waals surface area contributed by atoms with Crippen LogP contribution in [0, 0.1) is 24.6 Å². The average Bonchev–Trinajstić information content (AvgIpc) is 2.61. The number of carboxylic acid groups (broad SMARTS) is 1. The Morgan fingerprint density at radius 2 is 2.08 bits per heavy atom. The van der Waals surface area contributed by atoms with Gasteiger partial charge < -0.3 is 15.2 Å². The quantitative estimate of drug-likeness (QED) is 0.855. The van der Waals surface area contributed by atoms with Crippen molar-refractivity contribution in [1.82, 2.24) is 10.3 Å². The molecule has 7 heteroatoms. The van der Waals surface area contributed by atoms with Gasteiger partial charge in [0.15, 0.2) is 0 Å². The number of nitrogens with one attached hydrogen (secondary N) is 1. The van der Waals surface area contributed by atoms with E-state index in [1.54, 1.807) is 19.1 Å². The molecule has 0 saturated carbocycles. The maximum atomic E-state index is 13.3. The number of carboxylic acids is 1. The second-order valence-electron chi connectivity index (χ2n) is 6.56. The molecule has 26 heavy (non-hydrogen) atoms. The Morgan fingerprint density at radius 1 is 1.35 bits per heavy atom. The standard InChI is InChI=1S/C19H21FN2O4/c1-11-15(8-13-2-3-14(20)9-17(13)22-11)18(23)21-10-16(19(24)25)12-4-6-26-7-5-12/h2-3,8-9,12,16H,4-7,10H2,1H3,(H,21,23)(H,24,25). The largest absolute Gasteiger partial charge is 0.481 e. The number of carbonyl (C=O) groups is 2. The van der Waals surface area contributed by atoms with Gasteiger partial charge in [-0.3, -0.25) is 14.6 Å². The van der Waals surface area contributed by atoms with Crippen LogP contribution in [0.2, 0.25) is 0 Å². The molecule has 3 rings (SSSR count). The van der Waals surface area contributed by atoms with Crippen LogP contribution in [0.4, 0.5) is 4.39 Å². The highest BCUT2D eigenvalue weighted by Gasteiger charge is 2.30. The van der Waals surface area contributed by atoms with E-state index < -0.39 is 11.9 Å². The summed E-state index contributed by atoms with van der Waals surface area (Å²) in [7, 11) is 0. The lowest BCUT2D eigenvalue weighted by molar-refractivity contribution is -0.144. The van der Waals surface area contributed by atoms with E-state index in [1.165, 1.54) is 12.1 Å². The second-order valence-corrected chi connectivity index (χ2v) is 6.56. The van der Waals surface area contributed by atoms with Gasteiger partial charge in [0.2, 0.25) is 0 Å². The number of aliphatic carboxylic acids is 1. The Hall–Kier alpha value is -2.54. The first-order valence-corrected chi connectivity index (χ1v) is 8.61. The van der Waals surface area contributed by atoms with Crippen LogP contribution in [-0.2, 0) is 9.53 Å². The van der Waals surface area contributed by atoms with Crippen LogP contribution < -0.4 is 5.32 Å². The van der Waals surface area contributed by atoms with Gasteiger partial charge in [-0.1, -0.05) is 0 Å². The molecule has 1 fully saturated rings. The molecule has 0 aliphatic carbocycles. The summed E-state index contributed by atoms with van der Waals surface area (Å²) < 4.78 is 18.6. The number of benzene rings is 1. The summed E-state index contributed by atoms with van der Waals surface area (Å²) in [5.41, 5.74) is 1.31. The number of rotatable bonds is 5. The minimum Gasteiger partial charge on any atom is -0.481 e. The van der Waals surface area contributed by atoms with E-state index in [-0.39, 0.29) is 24.2 Å². The van der Waals surface area contributed by atoms with Crippen molar-refractivity contribution in [3.05, 3.63) is 41.3 Å². The molecule has 6 nitrogen and oxygen atoms in total.